The minimum atomic E-state index is 0.0408. The maximum absolute atomic E-state index is 5.81. The first-order valence-electron chi connectivity index (χ1n) is 6.18. The SMILES string of the molecule is CC1CN(c2ccc([C@@H](C)N)cn2)CC(C)O1. The van der Waals surface area contributed by atoms with Crippen LogP contribution in [0.25, 0.3) is 0 Å². The molecule has 0 aliphatic carbocycles. The molecule has 2 heterocycles. The van der Waals surface area contributed by atoms with Crippen LogP contribution in [0.3, 0.4) is 0 Å². The van der Waals surface area contributed by atoms with Gasteiger partial charge in [0.25, 0.3) is 0 Å². The molecule has 3 atom stereocenters. The number of hydrogen-bond acceptors (Lipinski definition) is 4. The van der Waals surface area contributed by atoms with E-state index in [0.717, 1.165) is 24.5 Å². The quantitative estimate of drug-likeness (QED) is 0.848. The number of hydrogen-bond donors (Lipinski definition) is 1. The molecule has 0 aromatic carbocycles. The lowest BCUT2D eigenvalue weighted by Gasteiger charge is -2.36. The molecule has 17 heavy (non-hydrogen) atoms. The zero-order valence-corrected chi connectivity index (χ0v) is 10.8. The summed E-state index contributed by atoms with van der Waals surface area (Å²) in [6.45, 7) is 7.96. The first-order chi connectivity index (χ1) is 8.06. The smallest absolute Gasteiger partial charge is 0.128 e. The maximum atomic E-state index is 5.81. The molecule has 1 aromatic rings. The van der Waals surface area contributed by atoms with E-state index in [1.165, 1.54) is 0 Å². The van der Waals surface area contributed by atoms with E-state index in [4.69, 9.17) is 10.5 Å². The predicted molar refractivity (Wildman–Crippen MR) is 69.1 cm³/mol. The molecule has 4 nitrogen and oxygen atoms in total. The van der Waals surface area contributed by atoms with Gasteiger partial charge >= 0.3 is 0 Å². The van der Waals surface area contributed by atoms with Crippen LogP contribution < -0.4 is 10.6 Å². The second kappa shape index (κ2) is 5.02. The van der Waals surface area contributed by atoms with E-state index in [1.807, 2.05) is 19.2 Å². The van der Waals surface area contributed by atoms with Crippen molar-refractivity contribution in [1.29, 1.82) is 0 Å². The van der Waals surface area contributed by atoms with Gasteiger partial charge in [0.1, 0.15) is 5.82 Å². The van der Waals surface area contributed by atoms with Crippen LogP contribution in [0, 0.1) is 0 Å². The Morgan fingerprint density at radius 3 is 2.47 bits per heavy atom. The van der Waals surface area contributed by atoms with Crippen LogP contribution in [0.15, 0.2) is 18.3 Å². The molecule has 2 rings (SSSR count). The first-order valence-corrected chi connectivity index (χ1v) is 6.18. The van der Waals surface area contributed by atoms with Crippen LogP contribution in [-0.2, 0) is 4.74 Å². The molecule has 94 valence electrons. The Bertz CT molecular complexity index is 353. The third kappa shape index (κ3) is 2.96. The number of rotatable bonds is 2. The van der Waals surface area contributed by atoms with Gasteiger partial charge in [-0.3, -0.25) is 0 Å². The summed E-state index contributed by atoms with van der Waals surface area (Å²) in [4.78, 5) is 6.75. The number of ether oxygens (including phenoxy) is 1. The lowest BCUT2D eigenvalue weighted by molar-refractivity contribution is -0.00545. The highest BCUT2D eigenvalue weighted by Gasteiger charge is 2.22. The number of nitrogens with zero attached hydrogens (tertiary/aromatic N) is 2. The maximum Gasteiger partial charge on any atom is 0.128 e. The summed E-state index contributed by atoms with van der Waals surface area (Å²) < 4.78 is 5.71. The van der Waals surface area contributed by atoms with E-state index in [1.54, 1.807) is 0 Å². The van der Waals surface area contributed by atoms with Crippen molar-refractivity contribution in [3.05, 3.63) is 23.9 Å². The van der Waals surface area contributed by atoms with Crippen LogP contribution in [0.1, 0.15) is 32.4 Å². The van der Waals surface area contributed by atoms with Gasteiger partial charge in [0.15, 0.2) is 0 Å². The largest absolute Gasteiger partial charge is 0.372 e. The van der Waals surface area contributed by atoms with Crippen LogP contribution in [-0.4, -0.2) is 30.3 Å². The van der Waals surface area contributed by atoms with Crippen molar-refractivity contribution >= 4 is 5.82 Å². The van der Waals surface area contributed by atoms with E-state index in [2.05, 4.69) is 29.8 Å². The van der Waals surface area contributed by atoms with Crippen LogP contribution in [0.2, 0.25) is 0 Å². The van der Waals surface area contributed by atoms with Crippen molar-refractivity contribution in [3.63, 3.8) is 0 Å². The van der Waals surface area contributed by atoms with Crippen molar-refractivity contribution in [3.8, 4) is 0 Å². The number of nitrogens with two attached hydrogens (primary N) is 1. The topological polar surface area (TPSA) is 51.4 Å². The fourth-order valence-corrected chi connectivity index (χ4v) is 2.22. The van der Waals surface area contributed by atoms with Crippen LogP contribution in [0.4, 0.5) is 5.82 Å². The van der Waals surface area contributed by atoms with Crippen molar-refractivity contribution in [2.24, 2.45) is 5.73 Å². The standard InChI is InChI=1S/C13H21N3O/c1-9-7-16(8-10(2)17-9)13-5-4-12(6-15-13)11(3)14/h4-6,9-11H,7-8,14H2,1-3H3/t9?,10?,11-/m1/s1. The molecular weight excluding hydrogens is 214 g/mol. The Morgan fingerprint density at radius 2 is 2.00 bits per heavy atom. The Morgan fingerprint density at radius 1 is 1.35 bits per heavy atom. The molecule has 1 fully saturated rings. The molecule has 0 amide bonds. The average Bonchev–Trinajstić information content (AvgIpc) is 2.28. The van der Waals surface area contributed by atoms with E-state index in [0.29, 0.717) is 0 Å². The minimum Gasteiger partial charge on any atom is -0.372 e. The van der Waals surface area contributed by atoms with Gasteiger partial charge in [-0.25, -0.2) is 4.98 Å². The first kappa shape index (κ1) is 12.3. The Kier molecular flexibility index (Phi) is 3.64. The minimum absolute atomic E-state index is 0.0408. The molecule has 0 radical (unpaired) electrons. The van der Waals surface area contributed by atoms with Gasteiger partial charge in [-0.05, 0) is 32.4 Å². The summed E-state index contributed by atoms with van der Waals surface area (Å²) in [5.41, 5.74) is 6.89. The second-order valence-electron chi connectivity index (χ2n) is 4.90. The molecule has 0 spiro atoms. The van der Waals surface area contributed by atoms with Crippen LogP contribution >= 0.6 is 0 Å². The monoisotopic (exact) mass is 235 g/mol. The van der Waals surface area contributed by atoms with Gasteiger partial charge in [-0.1, -0.05) is 6.07 Å². The fraction of sp³-hybridized carbons (Fsp3) is 0.615. The average molecular weight is 235 g/mol. The number of morpholine rings is 1. The summed E-state index contributed by atoms with van der Waals surface area (Å²) in [6, 6.07) is 4.14. The lowest BCUT2D eigenvalue weighted by atomic mass is 10.1. The van der Waals surface area contributed by atoms with Crippen molar-refractivity contribution < 1.29 is 4.74 Å². The van der Waals surface area contributed by atoms with Gasteiger partial charge in [-0.15, -0.1) is 0 Å². The highest BCUT2D eigenvalue weighted by Crippen LogP contribution is 2.19. The zero-order valence-electron chi connectivity index (χ0n) is 10.8. The molecule has 2 unspecified atom stereocenters. The highest BCUT2D eigenvalue weighted by atomic mass is 16.5. The summed E-state index contributed by atoms with van der Waals surface area (Å²) in [6.07, 6.45) is 2.38. The van der Waals surface area contributed by atoms with Crippen molar-refractivity contribution in [1.82, 2.24) is 4.98 Å². The third-order valence-electron chi connectivity index (χ3n) is 3.04. The summed E-state index contributed by atoms with van der Waals surface area (Å²) >= 11 is 0. The molecule has 0 saturated carbocycles. The normalized spacial score (nSPS) is 26.9. The number of aromatic nitrogens is 1. The van der Waals surface area contributed by atoms with Gasteiger partial charge in [0.05, 0.1) is 12.2 Å². The number of pyridine rings is 1. The van der Waals surface area contributed by atoms with Gasteiger partial charge in [0, 0.05) is 25.3 Å². The van der Waals surface area contributed by atoms with E-state index in [9.17, 15) is 0 Å². The predicted octanol–water partition coefficient (Wildman–Crippen LogP) is 1.71. The number of anilines is 1. The molecule has 1 aromatic heterocycles. The zero-order chi connectivity index (χ0) is 12.4. The van der Waals surface area contributed by atoms with Gasteiger partial charge < -0.3 is 15.4 Å². The molecule has 1 aliphatic heterocycles. The molecule has 1 saturated heterocycles. The Hall–Kier alpha value is -1.13. The van der Waals surface area contributed by atoms with E-state index in [-0.39, 0.29) is 18.2 Å². The molecule has 1 aliphatic rings. The van der Waals surface area contributed by atoms with Crippen molar-refractivity contribution in [2.45, 2.75) is 39.0 Å². The second-order valence-corrected chi connectivity index (χ2v) is 4.90. The summed E-state index contributed by atoms with van der Waals surface area (Å²) in [5.74, 6) is 1.01. The summed E-state index contributed by atoms with van der Waals surface area (Å²) in [5, 5.41) is 0. The van der Waals surface area contributed by atoms with E-state index < -0.39 is 0 Å². The summed E-state index contributed by atoms with van der Waals surface area (Å²) in [7, 11) is 0. The Balaban J connectivity index is 2.11. The molecule has 0 bridgehead atoms. The molecule has 2 N–H and O–H groups in total. The third-order valence-corrected chi connectivity index (χ3v) is 3.04. The van der Waals surface area contributed by atoms with E-state index >= 15 is 0 Å². The van der Waals surface area contributed by atoms with Crippen molar-refractivity contribution in [2.75, 3.05) is 18.0 Å². The molecule has 4 heteroatoms. The highest BCUT2D eigenvalue weighted by molar-refractivity contribution is 5.40. The van der Waals surface area contributed by atoms with Crippen LogP contribution in [0.5, 0.6) is 0 Å². The molecular formula is C13H21N3O. The fourth-order valence-electron chi connectivity index (χ4n) is 2.22. The Labute approximate surface area is 103 Å². The van der Waals surface area contributed by atoms with Gasteiger partial charge in [0.2, 0.25) is 0 Å². The van der Waals surface area contributed by atoms with Gasteiger partial charge in [-0.2, -0.15) is 0 Å². The lowest BCUT2D eigenvalue weighted by Crippen LogP contribution is -2.45.